The molecule has 0 saturated carbocycles. The third kappa shape index (κ3) is 2.91. The first-order chi connectivity index (χ1) is 9.40. The molecule has 1 saturated heterocycles. The normalized spacial score (nSPS) is 18.0. The number of thiophene rings is 1. The standard InChI is InChI=1S/C12H17N3O4S/c1-7(16)10-6-9(15(18)19)12(20-10)14-4-2-8(3-5-14)11(13)17/h6-8,16H,2-5H2,1H3,(H2,13,17). The van der Waals surface area contributed by atoms with E-state index in [1.165, 1.54) is 17.4 Å². The van der Waals surface area contributed by atoms with Crippen molar-refractivity contribution in [3.05, 3.63) is 21.1 Å². The van der Waals surface area contributed by atoms with Gasteiger partial charge in [0.15, 0.2) is 5.00 Å². The Balaban J connectivity index is 2.20. The number of aliphatic hydroxyl groups excluding tert-OH is 1. The number of anilines is 1. The van der Waals surface area contributed by atoms with Gasteiger partial charge in [0.1, 0.15) is 0 Å². The number of primary amides is 1. The minimum absolute atomic E-state index is 0.0171. The van der Waals surface area contributed by atoms with Crippen LogP contribution in [0.2, 0.25) is 0 Å². The van der Waals surface area contributed by atoms with Gasteiger partial charge in [-0.25, -0.2) is 0 Å². The van der Waals surface area contributed by atoms with Gasteiger partial charge < -0.3 is 15.7 Å². The van der Waals surface area contributed by atoms with E-state index >= 15 is 0 Å². The van der Waals surface area contributed by atoms with Crippen LogP contribution in [0.5, 0.6) is 0 Å². The fraction of sp³-hybridized carbons (Fsp3) is 0.583. The summed E-state index contributed by atoms with van der Waals surface area (Å²) in [5, 5.41) is 21.2. The number of nitrogens with zero attached hydrogens (tertiary/aromatic N) is 2. The zero-order valence-corrected chi connectivity index (χ0v) is 11.9. The molecule has 1 aliphatic rings. The van der Waals surface area contributed by atoms with Gasteiger partial charge in [-0.1, -0.05) is 0 Å². The van der Waals surface area contributed by atoms with E-state index in [4.69, 9.17) is 5.73 Å². The van der Waals surface area contributed by atoms with Gasteiger partial charge in [-0.15, -0.1) is 11.3 Å². The predicted molar refractivity (Wildman–Crippen MR) is 75.7 cm³/mol. The van der Waals surface area contributed by atoms with E-state index in [9.17, 15) is 20.0 Å². The van der Waals surface area contributed by atoms with Gasteiger partial charge >= 0.3 is 5.69 Å². The Hall–Kier alpha value is -1.67. The summed E-state index contributed by atoms with van der Waals surface area (Å²) in [5.74, 6) is -0.462. The van der Waals surface area contributed by atoms with Crippen LogP contribution in [0, 0.1) is 16.0 Å². The number of hydrogen-bond donors (Lipinski definition) is 2. The highest BCUT2D eigenvalue weighted by atomic mass is 32.1. The van der Waals surface area contributed by atoms with Gasteiger partial charge in [0, 0.05) is 30.0 Å². The maximum absolute atomic E-state index is 11.1. The molecule has 0 bridgehead atoms. The molecule has 1 atom stereocenters. The van der Waals surface area contributed by atoms with Crippen LogP contribution < -0.4 is 10.6 Å². The van der Waals surface area contributed by atoms with E-state index < -0.39 is 11.0 Å². The van der Waals surface area contributed by atoms with Crippen LogP contribution >= 0.6 is 11.3 Å². The lowest BCUT2D eigenvalue weighted by Crippen LogP contribution is -2.38. The van der Waals surface area contributed by atoms with Crippen molar-refractivity contribution in [2.45, 2.75) is 25.9 Å². The van der Waals surface area contributed by atoms with Crippen molar-refractivity contribution in [1.29, 1.82) is 0 Å². The number of carbonyl (C=O) groups is 1. The second-order valence-electron chi connectivity index (χ2n) is 4.94. The van der Waals surface area contributed by atoms with E-state index in [1.54, 1.807) is 6.92 Å². The smallest absolute Gasteiger partial charge is 0.304 e. The SMILES string of the molecule is CC(O)c1cc([N+](=O)[O-])c(N2CCC(C(N)=O)CC2)s1. The second-order valence-corrected chi connectivity index (χ2v) is 6.00. The minimum Gasteiger partial charge on any atom is -0.388 e. The summed E-state index contributed by atoms with van der Waals surface area (Å²) in [7, 11) is 0. The van der Waals surface area contributed by atoms with Crippen LogP contribution in [0.25, 0.3) is 0 Å². The summed E-state index contributed by atoms with van der Waals surface area (Å²) >= 11 is 1.23. The Morgan fingerprint density at radius 1 is 1.60 bits per heavy atom. The summed E-state index contributed by atoms with van der Waals surface area (Å²) in [6.07, 6.45) is 0.485. The van der Waals surface area contributed by atoms with Crippen molar-refractivity contribution in [2.75, 3.05) is 18.0 Å². The van der Waals surface area contributed by atoms with Gasteiger partial charge in [-0.2, -0.15) is 0 Å². The minimum atomic E-state index is -0.726. The van der Waals surface area contributed by atoms with E-state index in [-0.39, 0.29) is 17.5 Å². The van der Waals surface area contributed by atoms with Crippen molar-refractivity contribution < 1.29 is 14.8 Å². The van der Waals surface area contributed by atoms with E-state index in [0.29, 0.717) is 35.8 Å². The summed E-state index contributed by atoms with van der Waals surface area (Å²) in [5.41, 5.74) is 5.29. The zero-order valence-electron chi connectivity index (χ0n) is 11.1. The lowest BCUT2D eigenvalue weighted by molar-refractivity contribution is -0.383. The van der Waals surface area contributed by atoms with E-state index in [2.05, 4.69) is 0 Å². The molecule has 1 amide bonds. The lowest BCUT2D eigenvalue weighted by atomic mass is 9.96. The molecule has 1 unspecified atom stereocenters. The van der Waals surface area contributed by atoms with Crippen LogP contribution in [0.15, 0.2) is 6.07 Å². The number of rotatable bonds is 4. The van der Waals surface area contributed by atoms with Crippen LogP contribution in [-0.2, 0) is 4.79 Å². The van der Waals surface area contributed by atoms with Gasteiger partial charge in [-0.3, -0.25) is 14.9 Å². The van der Waals surface area contributed by atoms with Crippen molar-refractivity contribution in [3.8, 4) is 0 Å². The highest BCUT2D eigenvalue weighted by Gasteiger charge is 2.29. The van der Waals surface area contributed by atoms with Gasteiger partial charge in [0.2, 0.25) is 5.91 Å². The van der Waals surface area contributed by atoms with Crippen LogP contribution in [0.4, 0.5) is 10.7 Å². The molecule has 1 fully saturated rings. The molecule has 2 rings (SSSR count). The molecule has 7 nitrogen and oxygen atoms in total. The lowest BCUT2D eigenvalue weighted by Gasteiger charge is -2.30. The Morgan fingerprint density at radius 3 is 2.65 bits per heavy atom. The van der Waals surface area contributed by atoms with Crippen LogP contribution in [-0.4, -0.2) is 29.0 Å². The molecular formula is C12H17N3O4S. The average Bonchev–Trinajstić information content (AvgIpc) is 2.84. The molecule has 0 aromatic carbocycles. The number of amides is 1. The second kappa shape index (κ2) is 5.76. The number of nitro groups is 1. The Bertz CT molecular complexity index is 521. The summed E-state index contributed by atoms with van der Waals surface area (Å²) in [6.45, 7) is 2.71. The molecule has 0 radical (unpaired) electrons. The highest BCUT2D eigenvalue weighted by Crippen LogP contribution is 2.41. The molecule has 2 heterocycles. The Morgan fingerprint density at radius 2 is 2.20 bits per heavy atom. The maximum Gasteiger partial charge on any atom is 0.304 e. The fourth-order valence-corrected chi connectivity index (χ4v) is 3.43. The van der Waals surface area contributed by atoms with Gasteiger partial charge in [0.25, 0.3) is 0 Å². The molecule has 0 aliphatic carbocycles. The quantitative estimate of drug-likeness (QED) is 0.645. The third-order valence-corrected chi connectivity index (χ3v) is 4.86. The largest absolute Gasteiger partial charge is 0.388 e. The average molecular weight is 299 g/mol. The zero-order chi connectivity index (χ0) is 14.9. The van der Waals surface area contributed by atoms with Crippen molar-refractivity contribution in [1.82, 2.24) is 0 Å². The third-order valence-electron chi connectivity index (χ3n) is 3.51. The van der Waals surface area contributed by atoms with Gasteiger partial charge in [-0.05, 0) is 19.8 Å². The monoisotopic (exact) mass is 299 g/mol. The summed E-state index contributed by atoms with van der Waals surface area (Å²) in [4.78, 5) is 24.3. The molecule has 20 heavy (non-hydrogen) atoms. The Kier molecular flexibility index (Phi) is 4.24. The topological polar surface area (TPSA) is 110 Å². The number of hydrogen-bond acceptors (Lipinski definition) is 6. The first-order valence-electron chi connectivity index (χ1n) is 6.40. The summed E-state index contributed by atoms with van der Waals surface area (Å²) < 4.78 is 0. The molecule has 8 heteroatoms. The predicted octanol–water partition coefficient (Wildman–Crippen LogP) is 1.41. The van der Waals surface area contributed by atoms with Crippen molar-refractivity contribution in [2.24, 2.45) is 11.7 Å². The number of nitrogens with two attached hydrogens (primary N) is 1. The summed E-state index contributed by atoms with van der Waals surface area (Å²) in [6, 6.07) is 1.42. The number of carbonyl (C=O) groups excluding carboxylic acids is 1. The van der Waals surface area contributed by atoms with Crippen molar-refractivity contribution in [3.63, 3.8) is 0 Å². The molecule has 110 valence electrons. The van der Waals surface area contributed by atoms with Gasteiger partial charge in [0.05, 0.1) is 11.0 Å². The van der Waals surface area contributed by atoms with E-state index in [1.807, 2.05) is 4.90 Å². The number of piperidine rings is 1. The Labute approximate surface area is 120 Å². The van der Waals surface area contributed by atoms with E-state index in [0.717, 1.165) is 0 Å². The molecule has 1 aliphatic heterocycles. The molecule has 3 N–H and O–H groups in total. The fourth-order valence-electron chi connectivity index (χ4n) is 2.32. The molecule has 1 aromatic rings. The first kappa shape index (κ1) is 14.7. The van der Waals surface area contributed by atoms with Crippen LogP contribution in [0.3, 0.4) is 0 Å². The highest BCUT2D eigenvalue weighted by molar-refractivity contribution is 7.16. The molecule has 1 aromatic heterocycles. The first-order valence-corrected chi connectivity index (χ1v) is 7.22. The number of aliphatic hydroxyl groups is 1. The molecular weight excluding hydrogens is 282 g/mol. The maximum atomic E-state index is 11.1. The van der Waals surface area contributed by atoms with Crippen LogP contribution in [0.1, 0.15) is 30.7 Å². The van der Waals surface area contributed by atoms with Crippen molar-refractivity contribution >= 4 is 27.9 Å². The molecule has 0 spiro atoms.